The molecule has 0 radical (unpaired) electrons. The van der Waals surface area contributed by atoms with Crippen LogP contribution in [0, 0.1) is 0 Å². The van der Waals surface area contributed by atoms with Gasteiger partial charge in [0.1, 0.15) is 5.60 Å². The molecular weight excluding hydrogens is 266 g/mol. The average Bonchev–Trinajstić information content (AvgIpc) is 2.42. The van der Waals surface area contributed by atoms with Crippen LogP contribution < -0.4 is 11.1 Å². The van der Waals surface area contributed by atoms with E-state index < -0.39 is 11.7 Å². The van der Waals surface area contributed by atoms with Crippen LogP contribution in [0.15, 0.2) is 36.5 Å². The second-order valence-electron chi connectivity index (χ2n) is 5.94. The lowest BCUT2D eigenvalue weighted by atomic mass is 10.1. The SMILES string of the molecule is CC(C)(C)OC(=O)NCC(N)c1ccc2cccnc2c1. The van der Waals surface area contributed by atoms with E-state index in [1.54, 1.807) is 6.20 Å². The molecule has 5 heteroatoms. The number of nitrogens with zero attached hydrogens (tertiary/aromatic N) is 1. The number of pyridine rings is 1. The van der Waals surface area contributed by atoms with E-state index in [0.717, 1.165) is 16.5 Å². The zero-order valence-corrected chi connectivity index (χ0v) is 12.6. The number of nitrogens with one attached hydrogen (secondary N) is 1. The third-order valence-electron chi connectivity index (χ3n) is 2.92. The molecule has 0 aliphatic carbocycles. The first kappa shape index (κ1) is 15.3. The van der Waals surface area contributed by atoms with Gasteiger partial charge in [-0.2, -0.15) is 0 Å². The van der Waals surface area contributed by atoms with Gasteiger partial charge < -0.3 is 15.8 Å². The van der Waals surface area contributed by atoms with E-state index >= 15 is 0 Å². The van der Waals surface area contributed by atoms with Crippen molar-refractivity contribution in [3.8, 4) is 0 Å². The molecule has 1 aromatic carbocycles. The van der Waals surface area contributed by atoms with E-state index in [1.165, 1.54) is 0 Å². The number of alkyl carbamates (subject to hydrolysis) is 1. The Labute approximate surface area is 124 Å². The molecule has 1 aromatic heterocycles. The number of nitrogens with two attached hydrogens (primary N) is 1. The molecule has 2 aromatic rings. The fourth-order valence-corrected chi connectivity index (χ4v) is 1.94. The summed E-state index contributed by atoms with van der Waals surface area (Å²) in [7, 11) is 0. The number of hydrogen-bond donors (Lipinski definition) is 2. The van der Waals surface area contributed by atoms with Gasteiger partial charge in [0.2, 0.25) is 0 Å². The largest absolute Gasteiger partial charge is 0.444 e. The highest BCUT2D eigenvalue weighted by Crippen LogP contribution is 2.17. The number of rotatable bonds is 3. The summed E-state index contributed by atoms with van der Waals surface area (Å²) in [6.45, 7) is 5.78. The number of amides is 1. The van der Waals surface area contributed by atoms with E-state index in [0.29, 0.717) is 6.54 Å². The Hall–Kier alpha value is -2.14. The van der Waals surface area contributed by atoms with Gasteiger partial charge in [0.15, 0.2) is 0 Å². The molecule has 0 spiro atoms. The predicted molar refractivity (Wildman–Crippen MR) is 82.9 cm³/mol. The third-order valence-corrected chi connectivity index (χ3v) is 2.92. The Kier molecular flexibility index (Phi) is 4.43. The second kappa shape index (κ2) is 6.10. The molecule has 0 bridgehead atoms. The van der Waals surface area contributed by atoms with Crippen LogP contribution in [0.3, 0.4) is 0 Å². The maximum Gasteiger partial charge on any atom is 0.407 e. The van der Waals surface area contributed by atoms with Gasteiger partial charge in [0, 0.05) is 24.2 Å². The fraction of sp³-hybridized carbons (Fsp3) is 0.375. The molecule has 21 heavy (non-hydrogen) atoms. The minimum atomic E-state index is -0.513. The molecule has 0 aliphatic rings. The van der Waals surface area contributed by atoms with Crippen LogP contribution in [0.25, 0.3) is 10.9 Å². The van der Waals surface area contributed by atoms with Gasteiger partial charge in [-0.3, -0.25) is 4.98 Å². The molecule has 1 unspecified atom stereocenters. The van der Waals surface area contributed by atoms with Crippen LogP contribution in [0.4, 0.5) is 4.79 Å². The second-order valence-corrected chi connectivity index (χ2v) is 5.94. The molecule has 0 saturated heterocycles. The molecule has 112 valence electrons. The number of ether oxygens (including phenoxy) is 1. The number of benzene rings is 1. The van der Waals surface area contributed by atoms with E-state index in [2.05, 4.69) is 10.3 Å². The summed E-state index contributed by atoms with van der Waals surface area (Å²) in [6.07, 6.45) is 1.29. The number of aromatic nitrogens is 1. The molecule has 0 fully saturated rings. The highest BCUT2D eigenvalue weighted by atomic mass is 16.6. The van der Waals surface area contributed by atoms with Crippen LogP contribution in [0.5, 0.6) is 0 Å². The Morgan fingerprint density at radius 2 is 2.14 bits per heavy atom. The van der Waals surface area contributed by atoms with Gasteiger partial charge in [-0.1, -0.05) is 18.2 Å². The van der Waals surface area contributed by atoms with Crippen molar-refractivity contribution >= 4 is 17.0 Å². The van der Waals surface area contributed by atoms with E-state index in [9.17, 15) is 4.79 Å². The number of fused-ring (bicyclic) bond motifs is 1. The van der Waals surface area contributed by atoms with Crippen molar-refractivity contribution in [2.24, 2.45) is 5.73 Å². The first-order valence-corrected chi connectivity index (χ1v) is 6.92. The molecule has 1 heterocycles. The van der Waals surface area contributed by atoms with Crippen LogP contribution in [0.1, 0.15) is 32.4 Å². The molecular formula is C16H21N3O2. The third kappa shape index (κ3) is 4.43. The fourth-order valence-electron chi connectivity index (χ4n) is 1.94. The van der Waals surface area contributed by atoms with Gasteiger partial charge in [0.05, 0.1) is 5.52 Å². The smallest absolute Gasteiger partial charge is 0.407 e. The van der Waals surface area contributed by atoms with Crippen molar-refractivity contribution in [1.29, 1.82) is 0 Å². The van der Waals surface area contributed by atoms with Crippen LogP contribution in [0.2, 0.25) is 0 Å². The monoisotopic (exact) mass is 287 g/mol. The van der Waals surface area contributed by atoms with Crippen LogP contribution in [-0.4, -0.2) is 23.2 Å². The average molecular weight is 287 g/mol. The van der Waals surface area contributed by atoms with Gasteiger partial charge in [-0.05, 0) is 38.5 Å². The maximum absolute atomic E-state index is 11.6. The first-order valence-electron chi connectivity index (χ1n) is 6.92. The molecule has 0 saturated carbocycles. The first-order chi connectivity index (χ1) is 9.85. The van der Waals surface area contributed by atoms with Gasteiger partial charge in [-0.25, -0.2) is 4.79 Å². The minimum absolute atomic E-state index is 0.302. The van der Waals surface area contributed by atoms with E-state index in [-0.39, 0.29) is 6.04 Å². The van der Waals surface area contributed by atoms with Gasteiger partial charge in [0.25, 0.3) is 0 Å². The topological polar surface area (TPSA) is 77.2 Å². The number of carbonyl (C=O) groups excluding carboxylic acids is 1. The molecule has 1 amide bonds. The standard InChI is InChI=1S/C16H21N3O2/c1-16(2,3)21-15(20)19-10-13(17)12-7-6-11-5-4-8-18-14(11)9-12/h4-9,13H,10,17H2,1-3H3,(H,19,20). The highest BCUT2D eigenvalue weighted by Gasteiger charge is 2.17. The lowest BCUT2D eigenvalue weighted by Gasteiger charge is -2.21. The molecule has 2 rings (SSSR count). The summed E-state index contributed by atoms with van der Waals surface area (Å²) in [5.74, 6) is 0. The summed E-state index contributed by atoms with van der Waals surface area (Å²) in [4.78, 5) is 15.9. The maximum atomic E-state index is 11.6. The molecule has 0 aliphatic heterocycles. The summed E-state index contributed by atoms with van der Waals surface area (Å²) in [5.41, 5.74) is 7.41. The molecule has 5 nitrogen and oxygen atoms in total. The number of carbonyl (C=O) groups is 1. The molecule has 1 atom stereocenters. The normalized spacial score (nSPS) is 13.0. The quantitative estimate of drug-likeness (QED) is 0.910. The van der Waals surface area contributed by atoms with Gasteiger partial charge in [-0.15, -0.1) is 0 Å². The minimum Gasteiger partial charge on any atom is -0.444 e. The van der Waals surface area contributed by atoms with Crippen LogP contribution in [-0.2, 0) is 4.74 Å². The van der Waals surface area contributed by atoms with Crippen LogP contribution >= 0.6 is 0 Å². The summed E-state index contributed by atoms with van der Waals surface area (Å²) < 4.78 is 5.18. The summed E-state index contributed by atoms with van der Waals surface area (Å²) in [5, 5.41) is 3.74. The van der Waals surface area contributed by atoms with Crippen molar-refractivity contribution in [2.75, 3.05) is 6.54 Å². The van der Waals surface area contributed by atoms with Crippen molar-refractivity contribution in [1.82, 2.24) is 10.3 Å². The highest BCUT2D eigenvalue weighted by molar-refractivity contribution is 5.79. The zero-order valence-electron chi connectivity index (χ0n) is 12.6. The van der Waals surface area contributed by atoms with E-state index in [4.69, 9.17) is 10.5 Å². The van der Waals surface area contributed by atoms with Gasteiger partial charge >= 0.3 is 6.09 Å². The van der Waals surface area contributed by atoms with E-state index in [1.807, 2.05) is 51.1 Å². The molecule has 3 N–H and O–H groups in total. The number of hydrogen-bond acceptors (Lipinski definition) is 4. The lowest BCUT2D eigenvalue weighted by molar-refractivity contribution is 0.0524. The Morgan fingerprint density at radius 1 is 1.38 bits per heavy atom. The predicted octanol–water partition coefficient (Wildman–Crippen LogP) is 2.76. The van der Waals surface area contributed by atoms with Crippen molar-refractivity contribution in [3.63, 3.8) is 0 Å². The van der Waals surface area contributed by atoms with Crippen molar-refractivity contribution in [3.05, 3.63) is 42.1 Å². The Morgan fingerprint density at radius 3 is 2.86 bits per heavy atom. The lowest BCUT2D eigenvalue weighted by Crippen LogP contribution is -2.36. The Balaban J connectivity index is 1.99. The summed E-state index contributed by atoms with van der Waals surface area (Å²) >= 11 is 0. The summed E-state index contributed by atoms with van der Waals surface area (Å²) in [6, 6.07) is 9.46. The van der Waals surface area contributed by atoms with Crippen molar-refractivity contribution in [2.45, 2.75) is 32.4 Å². The zero-order chi connectivity index (χ0) is 15.5. The Bertz CT molecular complexity index is 635. The van der Waals surface area contributed by atoms with Crippen molar-refractivity contribution < 1.29 is 9.53 Å².